The number of alkyl halides is 3. The van der Waals surface area contributed by atoms with Crippen LogP contribution in [0.25, 0.3) is 11.3 Å². The Labute approximate surface area is 158 Å². The molecular formula is C18H18F4N4O2. The van der Waals surface area contributed by atoms with Crippen molar-refractivity contribution in [1.29, 1.82) is 0 Å². The van der Waals surface area contributed by atoms with E-state index in [9.17, 15) is 22.4 Å². The number of hydrogen-bond acceptors (Lipinski definition) is 4. The minimum atomic E-state index is -4.63. The molecule has 1 aromatic carbocycles. The predicted molar refractivity (Wildman–Crippen MR) is 94.1 cm³/mol. The number of carbonyl (C=O) groups excluding carboxylic acids is 1. The zero-order chi connectivity index (χ0) is 21.1. The lowest BCUT2D eigenvalue weighted by Gasteiger charge is -2.07. The lowest BCUT2D eigenvalue weighted by atomic mass is 10.1. The minimum absolute atomic E-state index is 0.0176. The van der Waals surface area contributed by atoms with Gasteiger partial charge in [-0.05, 0) is 31.2 Å². The van der Waals surface area contributed by atoms with E-state index < -0.39 is 23.6 Å². The van der Waals surface area contributed by atoms with Crippen LogP contribution >= 0.6 is 0 Å². The molecule has 2 heterocycles. The summed E-state index contributed by atoms with van der Waals surface area (Å²) < 4.78 is 58.3. The van der Waals surface area contributed by atoms with E-state index in [1.165, 1.54) is 25.4 Å². The van der Waals surface area contributed by atoms with Crippen LogP contribution in [0.5, 0.6) is 0 Å². The van der Waals surface area contributed by atoms with Crippen molar-refractivity contribution in [2.24, 2.45) is 7.05 Å². The number of hydrogen-bond donors (Lipinski definition) is 1. The monoisotopic (exact) mass is 398 g/mol. The van der Waals surface area contributed by atoms with Crippen LogP contribution in [0.3, 0.4) is 0 Å². The van der Waals surface area contributed by atoms with Gasteiger partial charge < -0.3 is 9.84 Å². The van der Waals surface area contributed by atoms with Crippen LogP contribution in [0.2, 0.25) is 0 Å². The Morgan fingerprint density at radius 1 is 1.21 bits per heavy atom. The molecule has 0 atom stereocenters. The molecule has 1 N–H and O–H groups in total. The molecular weight excluding hydrogens is 380 g/mol. The number of carbonyl (C=O) groups is 1. The summed E-state index contributed by atoms with van der Waals surface area (Å²) >= 11 is 0. The standard InChI is InChI=1S/C16H12F4N4O2.C2H6/c1-8-7-21-26-14(8)15(25)22-9-3-4-10(11(17)5-9)12-6-13(16(18,19)20)23-24(12)2;1-2/h3-7H,1-2H3,(H,22,25);1-2H3. The Kier molecular flexibility index (Phi) is 6.22. The van der Waals surface area contributed by atoms with E-state index in [4.69, 9.17) is 4.52 Å². The Hall–Kier alpha value is -3.17. The lowest BCUT2D eigenvalue weighted by Crippen LogP contribution is -2.12. The van der Waals surface area contributed by atoms with Crippen LogP contribution in [0, 0.1) is 12.7 Å². The van der Waals surface area contributed by atoms with E-state index in [2.05, 4.69) is 15.6 Å². The first kappa shape index (κ1) is 21.1. The molecule has 0 aliphatic heterocycles. The van der Waals surface area contributed by atoms with Gasteiger partial charge in [0.15, 0.2) is 5.69 Å². The van der Waals surface area contributed by atoms with Gasteiger partial charge >= 0.3 is 6.18 Å². The average molecular weight is 398 g/mol. The van der Waals surface area contributed by atoms with Crippen molar-refractivity contribution in [2.75, 3.05) is 5.32 Å². The molecule has 150 valence electrons. The molecule has 2 aromatic heterocycles. The first-order valence-corrected chi connectivity index (χ1v) is 8.30. The second kappa shape index (κ2) is 8.24. The highest BCUT2D eigenvalue weighted by atomic mass is 19.4. The third-order valence-corrected chi connectivity index (χ3v) is 3.63. The third kappa shape index (κ3) is 4.38. The normalized spacial score (nSPS) is 11.0. The van der Waals surface area contributed by atoms with Crippen molar-refractivity contribution in [3.05, 3.63) is 53.3 Å². The van der Waals surface area contributed by atoms with E-state index in [-0.39, 0.29) is 22.7 Å². The summed E-state index contributed by atoms with van der Waals surface area (Å²) in [6.07, 6.45) is -3.27. The Balaban J connectivity index is 0.00000136. The molecule has 0 unspecified atom stereocenters. The number of rotatable bonds is 3. The van der Waals surface area contributed by atoms with E-state index >= 15 is 0 Å². The largest absolute Gasteiger partial charge is 0.435 e. The highest BCUT2D eigenvalue weighted by molar-refractivity contribution is 6.03. The molecule has 3 aromatic rings. The van der Waals surface area contributed by atoms with Crippen molar-refractivity contribution >= 4 is 11.6 Å². The molecule has 1 amide bonds. The van der Waals surface area contributed by atoms with Crippen LogP contribution in [0.1, 0.15) is 35.7 Å². The molecule has 3 rings (SSSR count). The van der Waals surface area contributed by atoms with E-state index in [1.54, 1.807) is 6.92 Å². The molecule has 0 aliphatic rings. The summed E-state index contributed by atoms with van der Waals surface area (Å²) in [4.78, 5) is 12.0. The van der Waals surface area contributed by atoms with E-state index in [0.717, 1.165) is 16.8 Å². The van der Waals surface area contributed by atoms with Gasteiger partial charge in [-0.3, -0.25) is 9.48 Å². The predicted octanol–water partition coefficient (Wildman–Crippen LogP) is 4.82. The van der Waals surface area contributed by atoms with Gasteiger partial charge in [0.25, 0.3) is 5.91 Å². The van der Waals surface area contributed by atoms with E-state index in [0.29, 0.717) is 5.56 Å². The van der Waals surface area contributed by atoms with Gasteiger partial charge in [0.2, 0.25) is 5.76 Å². The topological polar surface area (TPSA) is 73.0 Å². The number of aromatic nitrogens is 3. The number of amides is 1. The van der Waals surface area contributed by atoms with Crippen molar-refractivity contribution < 1.29 is 26.9 Å². The summed E-state index contributed by atoms with van der Waals surface area (Å²) in [5, 5.41) is 9.26. The highest BCUT2D eigenvalue weighted by Gasteiger charge is 2.35. The Morgan fingerprint density at radius 3 is 2.39 bits per heavy atom. The first-order chi connectivity index (χ1) is 13.2. The second-order valence-electron chi connectivity index (χ2n) is 5.52. The summed E-state index contributed by atoms with van der Waals surface area (Å²) in [7, 11) is 1.28. The molecule has 0 saturated carbocycles. The van der Waals surface area contributed by atoms with Crippen molar-refractivity contribution in [2.45, 2.75) is 26.9 Å². The molecule has 0 aliphatic carbocycles. The van der Waals surface area contributed by atoms with Crippen molar-refractivity contribution in [3.63, 3.8) is 0 Å². The molecule has 0 radical (unpaired) electrons. The molecule has 0 bridgehead atoms. The number of nitrogens with one attached hydrogen (secondary N) is 1. The molecule has 0 fully saturated rings. The van der Waals surface area contributed by atoms with Gasteiger partial charge in [0, 0.05) is 23.9 Å². The third-order valence-electron chi connectivity index (χ3n) is 3.63. The molecule has 0 saturated heterocycles. The first-order valence-electron chi connectivity index (χ1n) is 8.30. The molecule has 0 spiro atoms. The maximum Gasteiger partial charge on any atom is 0.435 e. The number of anilines is 1. The van der Waals surface area contributed by atoms with Crippen LogP contribution in [-0.4, -0.2) is 20.8 Å². The zero-order valence-electron chi connectivity index (χ0n) is 15.6. The van der Waals surface area contributed by atoms with Gasteiger partial charge in [0.05, 0.1) is 11.9 Å². The minimum Gasteiger partial charge on any atom is -0.351 e. The Morgan fingerprint density at radius 2 is 1.89 bits per heavy atom. The smallest absolute Gasteiger partial charge is 0.351 e. The highest BCUT2D eigenvalue weighted by Crippen LogP contribution is 2.32. The summed E-state index contributed by atoms with van der Waals surface area (Å²) in [5.74, 6) is -1.45. The summed E-state index contributed by atoms with van der Waals surface area (Å²) in [6, 6.07) is 4.38. The lowest BCUT2D eigenvalue weighted by molar-refractivity contribution is -0.141. The average Bonchev–Trinajstić information content (AvgIpc) is 3.22. The second-order valence-corrected chi connectivity index (χ2v) is 5.52. The van der Waals surface area contributed by atoms with Crippen LogP contribution in [0.15, 0.2) is 35.0 Å². The van der Waals surface area contributed by atoms with E-state index in [1.807, 2.05) is 13.8 Å². The van der Waals surface area contributed by atoms with Gasteiger partial charge in [-0.1, -0.05) is 19.0 Å². The quantitative estimate of drug-likeness (QED) is 0.642. The van der Waals surface area contributed by atoms with Crippen molar-refractivity contribution in [1.82, 2.24) is 14.9 Å². The number of nitrogens with zero attached hydrogens (tertiary/aromatic N) is 3. The van der Waals surface area contributed by atoms with Gasteiger partial charge in [-0.2, -0.15) is 18.3 Å². The van der Waals surface area contributed by atoms with Gasteiger partial charge in [-0.25, -0.2) is 4.39 Å². The van der Waals surface area contributed by atoms with Crippen LogP contribution < -0.4 is 5.32 Å². The summed E-state index contributed by atoms with van der Waals surface area (Å²) in [5.41, 5.74) is -0.616. The fourth-order valence-electron chi connectivity index (χ4n) is 2.36. The molecule has 28 heavy (non-hydrogen) atoms. The number of halogens is 4. The zero-order valence-corrected chi connectivity index (χ0v) is 15.6. The SMILES string of the molecule is CC.Cc1cnoc1C(=O)Nc1ccc(-c2cc(C(F)(F)F)nn2C)c(F)c1. The summed E-state index contributed by atoms with van der Waals surface area (Å²) in [6.45, 7) is 5.62. The molecule has 10 heteroatoms. The van der Waals surface area contributed by atoms with Crippen molar-refractivity contribution in [3.8, 4) is 11.3 Å². The van der Waals surface area contributed by atoms with Crippen LogP contribution in [-0.2, 0) is 13.2 Å². The number of aryl methyl sites for hydroxylation is 2. The fraction of sp³-hybridized carbons (Fsp3) is 0.278. The fourth-order valence-corrected chi connectivity index (χ4v) is 2.36. The maximum absolute atomic E-state index is 14.4. The maximum atomic E-state index is 14.4. The van der Waals surface area contributed by atoms with Gasteiger partial charge in [-0.15, -0.1) is 0 Å². The molecule has 6 nitrogen and oxygen atoms in total. The number of benzene rings is 1. The van der Waals surface area contributed by atoms with Crippen LogP contribution in [0.4, 0.5) is 23.2 Å². The van der Waals surface area contributed by atoms with Gasteiger partial charge in [0.1, 0.15) is 5.82 Å². The Bertz CT molecular complexity index is 976.